The Hall–Kier alpha value is -1.28. The minimum absolute atomic E-state index is 0.235. The maximum atomic E-state index is 3.73. The van der Waals surface area contributed by atoms with Gasteiger partial charge in [0.1, 0.15) is 0 Å². The van der Waals surface area contributed by atoms with Gasteiger partial charge in [0.15, 0.2) is 0 Å². The van der Waals surface area contributed by atoms with Crippen molar-refractivity contribution in [2.75, 3.05) is 13.1 Å². The van der Waals surface area contributed by atoms with E-state index < -0.39 is 0 Å². The summed E-state index contributed by atoms with van der Waals surface area (Å²) >= 11 is 0. The molecule has 1 fully saturated rings. The van der Waals surface area contributed by atoms with E-state index in [0.29, 0.717) is 0 Å². The van der Waals surface area contributed by atoms with Crippen LogP contribution >= 0.6 is 0 Å². The number of benzene rings is 1. The highest BCUT2D eigenvalue weighted by molar-refractivity contribution is 5.85. The lowest BCUT2D eigenvalue weighted by Gasteiger charge is -2.49. The summed E-state index contributed by atoms with van der Waals surface area (Å²) in [7, 11) is 0. The summed E-state index contributed by atoms with van der Waals surface area (Å²) in [6.45, 7) is 7.30. The van der Waals surface area contributed by atoms with Gasteiger partial charge in [-0.1, -0.05) is 25.1 Å². The van der Waals surface area contributed by atoms with Crippen LogP contribution in [0.25, 0.3) is 10.9 Å². The number of hydrogen-bond acceptors (Lipinski definition) is 1. The maximum absolute atomic E-state index is 3.73. The van der Waals surface area contributed by atoms with Crippen molar-refractivity contribution >= 4 is 10.9 Å². The third-order valence-electron chi connectivity index (χ3n) is 5.34. The number of nitrogens with one attached hydrogen (secondary N) is 1. The number of aromatic amines is 1. The molecule has 0 spiro atoms. The monoisotopic (exact) mass is 254 g/mol. The van der Waals surface area contributed by atoms with E-state index in [-0.39, 0.29) is 5.54 Å². The molecule has 2 aliphatic rings. The number of aromatic nitrogens is 1. The Bertz CT molecular complexity index is 627. The molecule has 3 heterocycles. The van der Waals surface area contributed by atoms with E-state index in [1.54, 1.807) is 5.56 Å². The SMILES string of the molecule is CC1CCC2(C)c3[nH]c4ccccc4c3CCN2C1. The summed E-state index contributed by atoms with van der Waals surface area (Å²) in [6, 6.07) is 8.78. The second-order valence-electron chi connectivity index (χ2n) is 6.64. The largest absolute Gasteiger partial charge is 0.357 e. The van der Waals surface area contributed by atoms with Gasteiger partial charge in [0.25, 0.3) is 0 Å². The van der Waals surface area contributed by atoms with Crippen LogP contribution < -0.4 is 0 Å². The first-order valence-electron chi connectivity index (χ1n) is 7.53. The zero-order chi connectivity index (χ0) is 13.0. The summed E-state index contributed by atoms with van der Waals surface area (Å²) in [5.74, 6) is 0.846. The molecule has 2 aromatic rings. The molecule has 1 saturated heterocycles. The van der Waals surface area contributed by atoms with Crippen molar-refractivity contribution in [1.29, 1.82) is 0 Å². The molecule has 4 rings (SSSR count). The zero-order valence-electron chi connectivity index (χ0n) is 11.9. The third-order valence-corrected chi connectivity index (χ3v) is 5.34. The normalized spacial score (nSPS) is 31.2. The van der Waals surface area contributed by atoms with Gasteiger partial charge >= 0.3 is 0 Å². The van der Waals surface area contributed by atoms with Crippen LogP contribution in [0.15, 0.2) is 24.3 Å². The molecule has 0 aliphatic carbocycles. The van der Waals surface area contributed by atoms with E-state index >= 15 is 0 Å². The molecule has 100 valence electrons. The van der Waals surface area contributed by atoms with Gasteiger partial charge in [0, 0.05) is 29.7 Å². The highest BCUT2D eigenvalue weighted by Gasteiger charge is 2.43. The Morgan fingerprint density at radius 1 is 1.32 bits per heavy atom. The average molecular weight is 254 g/mol. The predicted molar refractivity (Wildman–Crippen MR) is 79.3 cm³/mol. The first-order valence-corrected chi connectivity index (χ1v) is 7.53. The minimum Gasteiger partial charge on any atom is -0.357 e. The van der Waals surface area contributed by atoms with E-state index in [4.69, 9.17) is 0 Å². The second-order valence-corrected chi connectivity index (χ2v) is 6.64. The Labute approximate surface area is 114 Å². The minimum atomic E-state index is 0.235. The fourth-order valence-corrected chi connectivity index (χ4v) is 4.14. The predicted octanol–water partition coefficient (Wildman–Crippen LogP) is 3.67. The first kappa shape index (κ1) is 11.5. The van der Waals surface area contributed by atoms with Gasteiger partial charge in [-0.05, 0) is 43.7 Å². The quantitative estimate of drug-likeness (QED) is 0.760. The molecular weight excluding hydrogens is 232 g/mol. The number of piperidine rings is 1. The fourth-order valence-electron chi connectivity index (χ4n) is 4.14. The first-order chi connectivity index (χ1) is 9.18. The van der Waals surface area contributed by atoms with E-state index in [1.165, 1.54) is 48.9 Å². The molecule has 0 radical (unpaired) electrons. The highest BCUT2D eigenvalue weighted by atomic mass is 15.2. The number of hydrogen-bond donors (Lipinski definition) is 1. The van der Waals surface area contributed by atoms with E-state index in [9.17, 15) is 0 Å². The molecule has 0 amide bonds. The Balaban J connectivity index is 1.90. The number of para-hydroxylation sites is 1. The molecule has 2 nitrogen and oxygen atoms in total. The Morgan fingerprint density at radius 3 is 3.05 bits per heavy atom. The Kier molecular flexibility index (Phi) is 2.34. The maximum Gasteiger partial charge on any atom is 0.0586 e. The van der Waals surface area contributed by atoms with Crippen LogP contribution in [0.4, 0.5) is 0 Å². The van der Waals surface area contributed by atoms with E-state index in [2.05, 4.69) is 48.0 Å². The molecule has 19 heavy (non-hydrogen) atoms. The molecule has 0 saturated carbocycles. The van der Waals surface area contributed by atoms with Gasteiger partial charge in [-0.15, -0.1) is 0 Å². The number of nitrogens with zero attached hydrogens (tertiary/aromatic N) is 1. The van der Waals surface area contributed by atoms with Gasteiger partial charge < -0.3 is 4.98 Å². The van der Waals surface area contributed by atoms with Crippen molar-refractivity contribution in [3.8, 4) is 0 Å². The van der Waals surface area contributed by atoms with Crippen LogP contribution in [0.5, 0.6) is 0 Å². The van der Waals surface area contributed by atoms with Gasteiger partial charge in [-0.3, -0.25) is 4.90 Å². The van der Waals surface area contributed by atoms with Gasteiger partial charge in [-0.2, -0.15) is 0 Å². The molecule has 2 atom stereocenters. The van der Waals surface area contributed by atoms with Crippen LogP contribution in [0.2, 0.25) is 0 Å². The van der Waals surface area contributed by atoms with E-state index in [1.807, 2.05) is 0 Å². The summed E-state index contributed by atoms with van der Waals surface area (Å²) in [5, 5.41) is 1.44. The van der Waals surface area contributed by atoms with Crippen molar-refractivity contribution in [3.05, 3.63) is 35.5 Å². The van der Waals surface area contributed by atoms with E-state index in [0.717, 1.165) is 5.92 Å². The molecule has 2 heteroatoms. The lowest BCUT2D eigenvalue weighted by molar-refractivity contribution is 0.0224. The topological polar surface area (TPSA) is 19.0 Å². The summed E-state index contributed by atoms with van der Waals surface area (Å²) in [4.78, 5) is 6.44. The van der Waals surface area contributed by atoms with Gasteiger partial charge in [-0.25, -0.2) is 0 Å². The van der Waals surface area contributed by atoms with Crippen LogP contribution in [0, 0.1) is 5.92 Å². The van der Waals surface area contributed by atoms with Crippen molar-refractivity contribution in [2.24, 2.45) is 5.92 Å². The Morgan fingerprint density at radius 2 is 2.16 bits per heavy atom. The van der Waals surface area contributed by atoms with Crippen LogP contribution in [0.3, 0.4) is 0 Å². The van der Waals surface area contributed by atoms with Crippen molar-refractivity contribution in [1.82, 2.24) is 9.88 Å². The van der Waals surface area contributed by atoms with Crippen LogP contribution in [-0.4, -0.2) is 23.0 Å². The third kappa shape index (κ3) is 1.53. The molecule has 1 aromatic carbocycles. The summed E-state index contributed by atoms with van der Waals surface area (Å²) in [6.07, 6.45) is 3.83. The second kappa shape index (κ2) is 3.86. The van der Waals surface area contributed by atoms with Crippen LogP contribution in [-0.2, 0) is 12.0 Å². The van der Waals surface area contributed by atoms with Gasteiger partial charge in [0.05, 0.1) is 5.54 Å². The summed E-state index contributed by atoms with van der Waals surface area (Å²) in [5.41, 5.74) is 4.61. The smallest absolute Gasteiger partial charge is 0.0586 e. The zero-order valence-corrected chi connectivity index (χ0v) is 11.9. The molecule has 0 bridgehead atoms. The highest BCUT2D eigenvalue weighted by Crippen LogP contribution is 2.44. The number of H-pyrrole nitrogens is 1. The molecule has 2 aliphatic heterocycles. The number of rotatable bonds is 0. The van der Waals surface area contributed by atoms with Crippen molar-refractivity contribution < 1.29 is 0 Å². The standard InChI is InChI=1S/C17H22N2/c1-12-7-9-17(2)16-14(8-10-19(17)11-12)13-5-3-4-6-15(13)18-16/h3-6,12,18H,7-11H2,1-2H3. The molecule has 1 aromatic heterocycles. The molecule has 2 unspecified atom stereocenters. The fraction of sp³-hybridized carbons (Fsp3) is 0.529. The van der Waals surface area contributed by atoms with Crippen molar-refractivity contribution in [2.45, 2.75) is 38.6 Å². The average Bonchev–Trinajstić information content (AvgIpc) is 2.80. The van der Waals surface area contributed by atoms with Crippen LogP contribution in [0.1, 0.15) is 37.9 Å². The molecule has 1 N–H and O–H groups in total. The lowest BCUT2D eigenvalue weighted by atomic mass is 9.77. The molecular formula is C17H22N2. The van der Waals surface area contributed by atoms with Crippen molar-refractivity contribution in [3.63, 3.8) is 0 Å². The van der Waals surface area contributed by atoms with Gasteiger partial charge in [0.2, 0.25) is 0 Å². The number of fused-ring (bicyclic) bond motifs is 5. The lowest BCUT2D eigenvalue weighted by Crippen LogP contribution is -2.53. The summed E-state index contributed by atoms with van der Waals surface area (Å²) < 4.78 is 0.